The molecule has 0 radical (unpaired) electrons. The lowest BCUT2D eigenvalue weighted by molar-refractivity contribution is -0.137. The second kappa shape index (κ2) is 8.12. The standard InChI is InChI=1S/C15H27NO4/c1-10(2)12-7-6-11(3)9-13(12)20-15(19)16-8-4-5-14(17)18/h10-13H,4-9H2,1-3H3,(H,16,19)(H,17,18)/t11-,12+,13+/m0/s1. The van der Waals surface area contributed by atoms with E-state index in [4.69, 9.17) is 9.84 Å². The molecule has 0 aromatic carbocycles. The van der Waals surface area contributed by atoms with Crippen LogP contribution in [0, 0.1) is 17.8 Å². The van der Waals surface area contributed by atoms with Crippen molar-refractivity contribution in [2.45, 2.75) is 59.0 Å². The predicted molar refractivity (Wildman–Crippen MR) is 76.5 cm³/mol. The summed E-state index contributed by atoms with van der Waals surface area (Å²) in [7, 11) is 0. The van der Waals surface area contributed by atoms with Gasteiger partial charge in [0, 0.05) is 13.0 Å². The molecule has 3 atom stereocenters. The second-order valence-electron chi connectivity index (χ2n) is 6.19. The molecule has 1 amide bonds. The number of hydrogen-bond acceptors (Lipinski definition) is 3. The molecule has 0 spiro atoms. The van der Waals surface area contributed by atoms with E-state index in [-0.39, 0.29) is 12.5 Å². The topological polar surface area (TPSA) is 75.6 Å². The van der Waals surface area contributed by atoms with E-state index in [0.717, 1.165) is 12.8 Å². The molecule has 5 heteroatoms. The van der Waals surface area contributed by atoms with Crippen molar-refractivity contribution in [1.29, 1.82) is 0 Å². The zero-order chi connectivity index (χ0) is 15.1. The van der Waals surface area contributed by atoms with Crippen molar-refractivity contribution in [2.75, 3.05) is 6.54 Å². The molecule has 1 saturated carbocycles. The summed E-state index contributed by atoms with van der Waals surface area (Å²) in [5, 5.41) is 11.2. The van der Waals surface area contributed by atoms with Gasteiger partial charge in [-0.3, -0.25) is 4.79 Å². The number of alkyl carbamates (subject to hydrolysis) is 1. The molecule has 20 heavy (non-hydrogen) atoms. The summed E-state index contributed by atoms with van der Waals surface area (Å²) in [6.07, 6.45) is 3.29. The van der Waals surface area contributed by atoms with Crippen LogP contribution in [0.15, 0.2) is 0 Å². The molecule has 0 saturated heterocycles. The minimum atomic E-state index is -0.846. The highest BCUT2D eigenvalue weighted by molar-refractivity contribution is 5.68. The molecule has 0 aromatic heterocycles. The maximum atomic E-state index is 11.8. The van der Waals surface area contributed by atoms with Gasteiger partial charge < -0.3 is 15.2 Å². The third-order valence-electron chi connectivity index (χ3n) is 4.06. The summed E-state index contributed by atoms with van der Waals surface area (Å²) in [5.41, 5.74) is 0. The molecular formula is C15H27NO4. The number of amides is 1. The molecule has 2 N–H and O–H groups in total. The maximum absolute atomic E-state index is 11.8. The first-order valence-corrected chi connectivity index (χ1v) is 7.56. The van der Waals surface area contributed by atoms with Gasteiger partial charge in [-0.1, -0.05) is 27.2 Å². The van der Waals surface area contributed by atoms with Crippen LogP contribution in [0.1, 0.15) is 52.9 Å². The van der Waals surface area contributed by atoms with E-state index in [1.54, 1.807) is 0 Å². The Balaban J connectivity index is 2.35. The average Bonchev–Trinajstić information content (AvgIpc) is 2.34. The summed E-state index contributed by atoms with van der Waals surface area (Å²) in [6.45, 7) is 6.88. The van der Waals surface area contributed by atoms with Crippen LogP contribution in [0.25, 0.3) is 0 Å². The van der Waals surface area contributed by atoms with E-state index in [9.17, 15) is 9.59 Å². The fourth-order valence-corrected chi connectivity index (χ4v) is 2.86. The van der Waals surface area contributed by atoms with E-state index in [1.165, 1.54) is 6.42 Å². The molecule has 116 valence electrons. The Labute approximate surface area is 121 Å². The van der Waals surface area contributed by atoms with Crippen LogP contribution in [0.4, 0.5) is 4.79 Å². The second-order valence-corrected chi connectivity index (χ2v) is 6.19. The number of nitrogens with one attached hydrogen (secondary N) is 1. The first-order valence-electron chi connectivity index (χ1n) is 7.56. The van der Waals surface area contributed by atoms with Crippen LogP contribution >= 0.6 is 0 Å². The summed E-state index contributed by atoms with van der Waals surface area (Å²) in [4.78, 5) is 22.1. The van der Waals surface area contributed by atoms with Crippen molar-refractivity contribution >= 4 is 12.1 Å². The zero-order valence-corrected chi connectivity index (χ0v) is 12.7. The Morgan fingerprint density at radius 2 is 2.05 bits per heavy atom. The van der Waals surface area contributed by atoms with Gasteiger partial charge in [0.2, 0.25) is 0 Å². The molecule has 0 heterocycles. The highest BCUT2D eigenvalue weighted by atomic mass is 16.6. The van der Waals surface area contributed by atoms with Crippen molar-refractivity contribution in [2.24, 2.45) is 17.8 Å². The molecule has 1 aliphatic carbocycles. The quantitative estimate of drug-likeness (QED) is 0.735. The number of hydrogen-bond donors (Lipinski definition) is 2. The predicted octanol–water partition coefficient (Wildman–Crippen LogP) is 3.04. The monoisotopic (exact) mass is 285 g/mol. The van der Waals surface area contributed by atoms with Crippen LogP contribution in [-0.4, -0.2) is 29.8 Å². The minimum Gasteiger partial charge on any atom is -0.481 e. The minimum absolute atomic E-state index is 0.0155. The summed E-state index contributed by atoms with van der Waals surface area (Å²) in [6, 6.07) is 0. The molecule has 1 fully saturated rings. The molecule has 1 rings (SSSR count). The SMILES string of the molecule is CC(C)[C@H]1CC[C@H](C)C[C@H]1OC(=O)NCCCC(=O)O. The van der Waals surface area contributed by atoms with Gasteiger partial charge in [0.05, 0.1) is 0 Å². The number of carbonyl (C=O) groups is 2. The van der Waals surface area contributed by atoms with Gasteiger partial charge >= 0.3 is 12.1 Å². The van der Waals surface area contributed by atoms with Gasteiger partial charge in [-0.2, -0.15) is 0 Å². The average molecular weight is 285 g/mol. The molecule has 0 unspecified atom stereocenters. The van der Waals surface area contributed by atoms with E-state index in [2.05, 4.69) is 26.1 Å². The van der Waals surface area contributed by atoms with E-state index in [1.807, 2.05) is 0 Å². The largest absolute Gasteiger partial charge is 0.481 e. The van der Waals surface area contributed by atoms with E-state index in [0.29, 0.717) is 30.7 Å². The number of carboxylic acids is 1. The first-order chi connectivity index (χ1) is 9.40. The Hall–Kier alpha value is -1.26. The molecule has 0 aliphatic heterocycles. The fourth-order valence-electron chi connectivity index (χ4n) is 2.86. The Bertz CT molecular complexity index is 330. The normalized spacial score (nSPS) is 26.3. The van der Waals surface area contributed by atoms with E-state index < -0.39 is 12.1 Å². The number of rotatable bonds is 6. The van der Waals surface area contributed by atoms with Crippen LogP contribution < -0.4 is 5.32 Å². The molecule has 5 nitrogen and oxygen atoms in total. The fraction of sp³-hybridized carbons (Fsp3) is 0.867. The van der Waals surface area contributed by atoms with E-state index >= 15 is 0 Å². The van der Waals surface area contributed by atoms with Gasteiger partial charge in [0.1, 0.15) is 6.10 Å². The summed E-state index contributed by atoms with van der Waals surface area (Å²) >= 11 is 0. The lowest BCUT2D eigenvalue weighted by Gasteiger charge is -2.36. The van der Waals surface area contributed by atoms with Crippen LogP contribution in [0.3, 0.4) is 0 Å². The molecule has 0 bridgehead atoms. The van der Waals surface area contributed by atoms with Crippen molar-refractivity contribution in [3.63, 3.8) is 0 Å². The van der Waals surface area contributed by atoms with Gasteiger partial charge in [0.15, 0.2) is 0 Å². The highest BCUT2D eigenvalue weighted by Gasteiger charge is 2.33. The number of carbonyl (C=O) groups excluding carboxylic acids is 1. The Kier molecular flexibility index (Phi) is 6.82. The van der Waals surface area contributed by atoms with Crippen LogP contribution in [-0.2, 0) is 9.53 Å². The van der Waals surface area contributed by atoms with Crippen molar-refractivity contribution in [1.82, 2.24) is 5.32 Å². The lowest BCUT2D eigenvalue weighted by atomic mass is 9.75. The van der Waals surface area contributed by atoms with Gasteiger partial charge in [0.25, 0.3) is 0 Å². The number of carboxylic acid groups (broad SMARTS) is 1. The number of aliphatic carboxylic acids is 1. The van der Waals surface area contributed by atoms with Crippen LogP contribution in [0.2, 0.25) is 0 Å². The zero-order valence-electron chi connectivity index (χ0n) is 12.7. The van der Waals surface area contributed by atoms with Crippen molar-refractivity contribution in [3.8, 4) is 0 Å². The van der Waals surface area contributed by atoms with Crippen molar-refractivity contribution in [3.05, 3.63) is 0 Å². The van der Waals surface area contributed by atoms with Gasteiger partial charge in [-0.15, -0.1) is 0 Å². The highest BCUT2D eigenvalue weighted by Crippen LogP contribution is 2.35. The van der Waals surface area contributed by atoms with Gasteiger partial charge in [-0.25, -0.2) is 4.79 Å². The third kappa shape index (κ3) is 5.80. The third-order valence-corrected chi connectivity index (χ3v) is 4.06. The molecule has 0 aromatic rings. The van der Waals surface area contributed by atoms with Gasteiger partial charge in [-0.05, 0) is 37.0 Å². The Morgan fingerprint density at radius 3 is 2.65 bits per heavy atom. The lowest BCUT2D eigenvalue weighted by Crippen LogP contribution is -2.39. The maximum Gasteiger partial charge on any atom is 0.407 e. The molecular weight excluding hydrogens is 258 g/mol. The Morgan fingerprint density at radius 1 is 1.35 bits per heavy atom. The smallest absolute Gasteiger partial charge is 0.407 e. The van der Waals surface area contributed by atoms with Crippen LogP contribution in [0.5, 0.6) is 0 Å². The summed E-state index contributed by atoms with van der Waals surface area (Å²) < 4.78 is 5.55. The van der Waals surface area contributed by atoms with Crippen molar-refractivity contribution < 1.29 is 19.4 Å². The first kappa shape index (κ1) is 16.8. The summed E-state index contributed by atoms with van der Waals surface area (Å²) in [5.74, 6) is 0.680. The molecule has 1 aliphatic rings. The number of ether oxygens (including phenoxy) is 1.